The lowest BCUT2D eigenvalue weighted by molar-refractivity contribution is 0.0346. The number of aliphatic hydroxyl groups excluding tert-OH is 2. The summed E-state index contributed by atoms with van der Waals surface area (Å²) in [5.74, 6) is 8.04. The Balaban J connectivity index is 1.99. The van der Waals surface area contributed by atoms with Crippen molar-refractivity contribution in [3.05, 3.63) is 23.8 Å². The van der Waals surface area contributed by atoms with Crippen LogP contribution < -0.4 is 0 Å². The molecule has 0 bridgehead atoms. The van der Waals surface area contributed by atoms with Gasteiger partial charge in [-0.15, -0.1) is 0 Å². The lowest BCUT2D eigenvalue weighted by atomic mass is 9.58. The van der Waals surface area contributed by atoms with E-state index in [4.69, 9.17) is 0 Å². The molecule has 0 aliphatic heterocycles. The summed E-state index contributed by atoms with van der Waals surface area (Å²) in [6, 6.07) is 0. The molecule has 6 atom stereocenters. The lowest BCUT2D eigenvalue weighted by Crippen LogP contribution is -2.39. The Bertz CT molecular complexity index is 736. The summed E-state index contributed by atoms with van der Waals surface area (Å²) < 4.78 is 0. The Morgan fingerprint density at radius 3 is 2.27 bits per heavy atom. The lowest BCUT2D eigenvalue weighted by Gasteiger charge is -2.46. The van der Waals surface area contributed by atoms with E-state index in [-0.39, 0.29) is 10.8 Å². The van der Waals surface area contributed by atoms with Gasteiger partial charge in [-0.1, -0.05) is 84.1 Å². The van der Waals surface area contributed by atoms with Gasteiger partial charge in [-0.25, -0.2) is 0 Å². The van der Waals surface area contributed by atoms with Crippen LogP contribution in [0.2, 0.25) is 0 Å². The minimum absolute atomic E-state index is 0.198. The van der Waals surface area contributed by atoms with E-state index in [1.54, 1.807) is 0 Å². The molecular formula is C30H50O3. The molecule has 2 aliphatic carbocycles. The van der Waals surface area contributed by atoms with E-state index in [0.717, 1.165) is 18.4 Å². The van der Waals surface area contributed by atoms with Crippen LogP contribution in [0.5, 0.6) is 0 Å². The highest BCUT2D eigenvalue weighted by atomic mass is 16.3. The van der Waals surface area contributed by atoms with Crippen LogP contribution in [-0.4, -0.2) is 33.1 Å². The molecule has 2 saturated carbocycles. The largest absolute Gasteiger partial charge is 0.393 e. The van der Waals surface area contributed by atoms with Crippen LogP contribution in [0.4, 0.5) is 0 Å². The van der Waals surface area contributed by atoms with Gasteiger partial charge in [0.05, 0.1) is 12.2 Å². The third-order valence-corrected chi connectivity index (χ3v) is 9.37. The molecule has 3 N–H and O–H groups in total. The first-order valence-corrected chi connectivity index (χ1v) is 13.3. The van der Waals surface area contributed by atoms with Gasteiger partial charge in [0.15, 0.2) is 0 Å². The third-order valence-electron chi connectivity index (χ3n) is 9.37. The molecule has 188 valence electrons. The summed E-state index contributed by atoms with van der Waals surface area (Å²) >= 11 is 0. The fraction of sp³-hybridized carbons (Fsp3) is 0.800. The van der Waals surface area contributed by atoms with Gasteiger partial charge in [0.2, 0.25) is 0 Å². The third kappa shape index (κ3) is 6.97. The Kier molecular flexibility index (Phi) is 9.87. The SMILES string of the molecule is CCC(O)(C#CCC(C)C[C@H](C)[C@@]1(C)CC[C@@H](/C=C/C=C2C[C@@H](O)C[C@H](O)C2)C1(C)C)CC. The Morgan fingerprint density at radius 2 is 1.70 bits per heavy atom. The summed E-state index contributed by atoms with van der Waals surface area (Å²) in [4.78, 5) is 0. The average Bonchev–Trinajstić information content (AvgIpc) is 2.97. The first kappa shape index (κ1) is 28.2. The van der Waals surface area contributed by atoms with Crippen LogP contribution in [0.3, 0.4) is 0 Å². The van der Waals surface area contributed by atoms with E-state index >= 15 is 0 Å². The molecular weight excluding hydrogens is 408 g/mol. The van der Waals surface area contributed by atoms with Crippen molar-refractivity contribution in [3.8, 4) is 11.8 Å². The summed E-state index contributed by atoms with van der Waals surface area (Å²) in [5.41, 5.74) is 0.787. The van der Waals surface area contributed by atoms with Crippen LogP contribution in [0.25, 0.3) is 0 Å². The van der Waals surface area contributed by atoms with Gasteiger partial charge in [0.25, 0.3) is 0 Å². The van der Waals surface area contributed by atoms with Crippen molar-refractivity contribution in [2.75, 3.05) is 0 Å². The zero-order valence-corrected chi connectivity index (χ0v) is 22.3. The molecule has 0 radical (unpaired) electrons. The Hall–Kier alpha value is -1.08. The summed E-state index contributed by atoms with van der Waals surface area (Å²) in [6.45, 7) is 16.0. The van der Waals surface area contributed by atoms with Gasteiger partial charge >= 0.3 is 0 Å². The van der Waals surface area contributed by atoms with Gasteiger partial charge in [-0.2, -0.15) is 0 Å². The maximum Gasteiger partial charge on any atom is 0.125 e. The molecule has 1 unspecified atom stereocenters. The topological polar surface area (TPSA) is 60.7 Å². The van der Waals surface area contributed by atoms with Gasteiger partial charge in [0.1, 0.15) is 5.60 Å². The zero-order valence-electron chi connectivity index (χ0n) is 22.3. The normalized spacial score (nSPS) is 31.8. The highest BCUT2D eigenvalue weighted by Crippen LogP contribution is 2.61. The van der Waals surface area contributed by atoms with Crippen molar-refractivity contribution in [3.63, 3.8) is 0 Å². The number of allylic oxidation sites excluding steroid dienone is 3. The predicted molar refractivity (Wildman–Crippen MR) is 139 cm³/mol. The molecule has 0 heterocycles. The van der Waals surface area contributed by atoms with Crippen LogP contribution in [0.15, 0.2) is 23.8 Å². The first-order chi connectivity index (χ1) is 15.4. The number of aliphatic hydroxyl groups is 3. The molecule has 0 saturated heterocycles. The van der Waals surface area contributed by atoms with Crippen LogP contribution >= 0.6 is 0 Å². The molecule has 33 heavy (non-hydrogen) atoms. The Labute approximate surface area is 203 Å². The molecule has 2 aliphatic rings. The fourth-order valence-electron chi connectivity index (χ4n) is 6.17. The van der Waals surface area contributed by atoms with E-state index in [1.165, 1.54) is 12.8 Å². The number of hydrogen-bond donors (Lipinski definition) is 3. The predicted octanol–water partition coefficient (Wildman–Crippen LogP) is 6.42. The highest BCUT2D eigenvalue weighted by Gasteiger charge is 2.52. The van der Waals surface area contributed by atoms with E-state index in [9.17, 15) is 15.3 Å². The zero-order chi connectivity index (χ0) is 24.9. The molecule has 0 aromatic heterocycles. The van der Waals surface area contributed by atoms with Crippen molar-refractivity contribution in [2.24, 2.45) is 28.6 Å². The minimum atomic E-state index is -0.826. The average molecular weight is 459 g/mol. The van der Waals surface area contributed by atoms with E-state index in [0.29, 0.717) is 49.9 Å². The van der Waals surface area contributed by atoms with E-state index < -0.39 is 17.8 Å². The molecule has 0 aromatic carbocycles. The van der Waals surface area contributed by atoms with E-state index in [1.807, 2.05) is 13.8 Å². The van der Waals surface area contributed by atoms with Gasteiger partial charge in [-0.3, -0.25) is 0 Å². The quantitative estimate of drug-likeness (QED) is 0.368. The van der Waals surface area contributed by atoms with E-state index in [2.05, 4.69) is 64.7 Å². The fourth-order valence-corrected chi connectivity index (χ4v) is 6.17. The number of rotatable bonds is 8. The first-order valence-electron chi connectivity index (χ1n) is 13.3. The summed E-state index contributed by atoms with van der Waals surface area (Å²) in [6.07, 6.45) is 13.5. The molecule has 3 nitrogen and oxygen atoms in total. The summed E-state index contributed by atoms with van der Waals surface area (Å²) in [5, 5.41) is 30.2. The smallest absolute Gasteiger partial charge is 0.125 e. The Morgan fingerprint density at radius 1 is 1.09 bits per heavy atom. The van der Waals surface area contributed by atoms with Crippen molar-refractivity contribution in [2.45, 2.75) is 124 Å². The second kappa shape index (κ2) is 11.6. The van der Waals surface area contributed by atoms with Crippen molar-refractivity contribution >= 4 is 0 Å². The van der Waals surface area contributed by atoms with Crippen molar-refractivity contribution < 1.29 is 15.3 Å². The molecule has 3 heteroatoms. The monoisotopic (exact) mass is 458 g/mol. The second-order valence-corrected chi connectivity index (χ2v) is 11.9. The van der Waals surface area contributed by atoms with Crippen LogP contribution in [0, 0.1) is 40.4 Å². The van der Waals surface area contributed by atoms with Crippen molar-refractivity contribution in [1.82, 2.24) is 0 Å². The highest BCUT2D eigenvalue weighted by molar-refractivity contribution is 5.19. The summed E-state index contributed by atoms with van der Waals surface area (Å²) in [7, 11) is 0. The minimum Gasteiger partial charge on any atom is -0.393 e. The molecule has 0 aromatic rings. The number of hydrogen-bond acceptors (Lipinski definition) is 3. The standard InChI is InChI=1S/C30H50O3/c1-8-30(33,9-2)16-11-12-22(3)18-23(4)29(7)17-15-25(28(29,5)6)14-10-13-24-19-26(31)21-27(32)20-24/h10,13-14,22-23,25-27,31-33H,8-9,12,15,17-21H2,1-7H3/b14-10+/t22?,23-,25+,26+,27+,29+/m0/s1. The van der Waals surface area contributed by atoms with Gasteiger partial charge in [-0.05, 0) is 80.0 Å². The van der Waals surface area contributed by atoms with Gasteiger partial charge in [0, 0.05) is 6.42 Å². The van der Waals surface area contributed by atoms with Crippen LogP contribution in [-0.2, 0) is 0 Å². The molecule has 2 fully saturated rings. The second-order valence-electron chi connectivity index (χ2n) is 11.9. The van der Waals surface area contributed by atoms with Crippen molar-refractivity contribution in [1.29, 1.82) is 0 Å². The molecule has 2 rings (SSSR count). The molecule has 0 spiro atoms. The maximum atomic E-state index is 10.4. The van der Waals surface area contributed by atoms with Gasteiger partial charge < -0.3 is 15.3 Å². The molecule has 0 amide bonds. The maximum absolute atomic E-state index is 10.4. The van der Waals surface area contributed by atoms with Crippen LogP contribution in [0.1, 0.15) is 106 Å².